The number of anilines is 1. The van der Waals surface area contributed by atoms with Crippen LogP contribution in [-0.4, -0.2) is 50.8 Å². The molecule has 3 aliphatic rings. The Morgan fingerprint density at radius 1 is 1.54 bits per heavy atom. The van der Waals surface area contributed by atoms with Crippen LogP contribution in [-0.2, 0) is 11.3 Å². The molecule has 24 heavy (non-hydrogen) atoms. The molecule has 3 fully saturated rings. The summed E-state index contributed by atoms with van der Waals surface area (Å²) in [5.41, 5.74) is 0.643. The second-order valence-corrected chi connectivity index (χ2v) is 8.69. The van der Waals surface area contributed by atoms with Crippen LogP contribution >= 0.6 is 23.2 Å². The van der Waals surface area contributed by atoms with E-state index in [0.717, 1.165) is 32.4 Å². The molecule has 0 aromatic carbocycles. The van der Waals surface area contributed by atoms with E-state index in [1.807, 2.05) is 10.9 Å². The molecule has 1 saturated carbocycles. The largest absolute Gasteiger partial charge is 0.376 e. The zero-order chi connectivity index (χ0) is 16.9. The Kier molecular flexibility index (Phi) is 3.97. The van der Waals surface area contributed by atoms with Gasteiger partial charge in [0, 0.05) is 37.2 Å². The molecule has 8 heteroatoms. The number of rotatable bonds is 3. The van der Waals surface area contributed by atoms with E-state index in [0.29, 0.717) is 18.8 Å². The topological polar surface area (TPSA) is 59.4 Å². The van der Waals surface area contributed by atoms with E-state index in [1.165, 1.54) is 0 Å². The highest BCUT2D eigenvalue weighted by molar-refractivity contribution is 6.51. The van der Waals surface area contributed by atoms with Crippen LogP contribution in [0.3, 0.4) is 0 Å². The maximum Gasteiger partial charge on any atom is 0.321 e. The van der Waals surface area contributed by atoms with Crippen molar-refractivity contribution in [2.75, 3.05) is 25.0 Å². The van der Waals surface area contributed by atoms with Gasteiger partial charge in [0.1, 0.15) is 4.33 Å². The second-order valence-electron chi connectivity index (χ2n) is 7.31. The van der Waals surface area contributed by atoms with Gasteiger partial charge in [-0.1, -0.05) is 6.92 Å². The summed E-state index contributed by atoms with van der Waals surface area (Å²) < 4.78 is 6.73. The second kappa shape index (κ2) is 5.78. The van der Waals surface area contributed by atoms with E-state index in [2.05, 4.69) is 17.3 Å². The van der Waals surface area contributed by atoms with Crippen LogP contribution in [0, 0.1) is 11.3 Å². The fourth-order valence-electron chi connectivity index (χ4n) is 3.92. The first kappa shape index (κ1) is 16.5. The predicted octanol–water partition coefficient (Wildman–Crippen LogP) is 3.11. The standard InChI is InChI=1S/C16H22Cl2N4O2/c1-15-4-5-21(10-13(15)16(15,17)18)14(23)20-11-7-19-22(8-11)9-12-3-2-6-24-12/h7-8,12-13H,2-6,9-10H2,1H3,(H,20,23). The van der Waals surface area contributed by atoms with Gasteiger partial charge in [0.25, 0.3) is 0 Å². The van der Waals surface area contributed by atoms with Crippen molar-refractivity contribution in [1.82, 2.24) is 14.7 Å². The number of alkyl halides is 2. The molecule has 3 unspecified atom stereocenters. The van der Waals surface area contributed by atoms with E-state index in [4.69, 9.17) is 27.9 Å². The van der Waals surface area contributed by atoms with Crippen molar-refractivity contribution in [3.05, 3.63) is 12.4 Å². The summed E-state index contributed by atoms with van der Waals surface area (Å²) in [7, 11) is 0. The van der Waals surface area contributed by atoms with Gasteiger partial charge >= 0.3 is 6.03 Å². The number of piperidine rings is 1. The molecule has 1 aliphatic carbocycles. The van der Waals surface area contributed by atoms with Crippen molar-refractivity contribution >= 4 is 34.9 Å². The first-order valence-electron chi connectivity index (χ1n) is 8.48. The summed E-state index contributed by atoms with van der Waals surface area (Å²) in [5, 5.41) is 7.21. The third-order valence-electron chi connectivity index (χ3n) is 5.78. The zero-order valence-corrected chi connectivity index (χ0v) is 15.2. The molecule has 4 rings (SSSR count). The van der Waals surface area contributed by atoms with E-state index in [9.17, 15) is 4.79 Å². The Morgan fingerprint density at radius 2 is 2.38 bits per heavy atom. The number of ether oxygens (including phenoxy) is 1. The van der Waals surface area contributed by atoms with Gasteiger partial charge in [-0.05, 0) is 19.3 Å². The number of aromatic nitrogens is 2. The lowest BCUT2D eigenvalue weighted by Crippen LogP contribution is -2.41. The van der Waals surface area contributed by atoms with Crippen molar-refractivity contribution in [3.8, 4) is 0 Å². The Morgan fingerprint density at radius 3 is 3.08 bits per heavy atom. The lowest BCUT2D eigenvalue weighted by Gasteiger charge is -2.29. The van der Waals surface area contributed by atoms with Crippen LogP contribution in [0.15, 0.2) is 12.4 Å². The smallest absolute Gasteiger partial charge is 0.321 e. The minimum Gasteiger partial charge on any atom is -0.376 e. The summed E-state index contributed by atoms with van der Waals surface area (Å²) in [6.07, 6.45) is 6.74. The lowest BCUT2D eigenvalue weighted by atomic mass is 9.98. The van der Waals surface area contributed by atoms with E-state index < -0.39 is 4.33 Å². The highest BCUT2D eigenvalue weighted by Crippen LogP contribution is 2.72. The quantitative estimate of drug-likeness (QED) is 0.829. The summed E-state index contributed by atoms with van der Waals surface area (Å²) >= 11 is 12.7. The fourth-order valence-corrected chi connectivity index (χ4v) is 4.89. The van der Waals surface area contributed by atoms with E-state index in [-0.39, 0.29) is 23.5 Å². The van der Waals surface area contributed by atoms with Gasteiger partial charge in [0.15, 0.2) is 0 Å². The van der Waals surface area contributed by atoms with Gasteiger partial charge in [-0.15, -0.1) is 23.2 Å². The van der Waals surface area contributed by atoms with Gasteiger partial charge in [0.2, 0.25) is 0 Å². The lowest BCUT2D eigenvalue weighted by molar-refractivity contribution is 0.0940. The highest BCUT2D eigenvalue weighted by atomic mass is 35.5. The Bertz CT molecular complexity index is 644. The number of carbonyl (C=O) groups excluding carboxylic acids is 1. The minimum absolute atomic E-state index is 0.0565. The Balaban J connectivity index is 1.33. The van der Waals surface area contributed by atoms with Crippen molar-refractivity contribution in [3.63, 3.8) is 0 Å². The molecule has 132 valence electrons. The number of nitrogens with zero attached hydrogens (tertiary/aromatic N) is 3. The number of hydrogen-bond donors (Lipinski definition) is 1. The van der Waals surface area contributed by atoms with Crippen molar-refractivity contribution in [2.45, 2.75) is 43.2 Å². The average molecular weight is 373 g/mol. The number of amides is 2. The van der Waals surface area contributed by atoms with Gasteiger partial charge in [-0.2, -0.15) is 5.10 Å². The van der Waals surface area contributed by atoms with Crippen molar-refractivity contribution < 1.29 is 9.53 Å². The zero-order valence-electron chi connectivity index (χ0n) is 13.7. The maximum atomic E-state index is 12.5. The van der Waals surface area contributed by atoms with E-state index in [1.54, 1.807) is 11.1 Å². The Labute approximate surface area is 151 Å². The monoisotopic (exact) mass is 372 g/mol. The minimum atomic E-state index is -0.700. The van der Waals surface area contributed by atoms with Crippen LogP contribution in [0.4, 0.5) is 10.5 Å². The molecule has 0 spiro atoms. The van der Waals surface area contributed by atoms with Gasteiger partial charge in [-0.3, -0.25) is 4.68 Å². The molecule has 1 aromatic heterocycles. The molecule has 3 heterocycles. The van der Waals surface area contributed by atoms with Crippen LogP contribution < -0.4 is 5.32 Å². The first-order chi connectivity index (χ1) is 11.4. The third kappa shape index (κ3) is 2.68. The third-order valence-corrected chi connectivity index (χ3v) is 7.17. The van der Waals surface area contributed by atoms with E-state index >= 15 is 0 Å². The molecule has 3 atom stereocenters. The molecule has 0 radical (unpaired) electrons. The summed E-state index contributed by atoms with van der Waals surface area (Å²) in [5.74, 6) is 0.148. The van der Waals surface area contributed by atoms with Gasteiger partial charge in [0.05, 0.1) is 24.5 Å². The molecular formula is C16H22Cl2N4O2. The molecule has 2 amide bonds. The summed E-state index contributed by atoms with van der Waals surface area (Å²) in [6.45, 7) is 4.92. The van der Waals surface area contributed by atoms with Gasteiger partial charge < -0.3 is 15.0 Å². The molecule has 6 nitrogen and oxygen atoms in total. The fraction of sp³-hybridized carbons (Fsp3) is 0.750. The number of halogens is 2. The number of carbonyl (C=O) groups is 1. The van der Waals surface area contributed by atoms with Gasteiger partial charge in [-0.25, -0.2) is 4.79 Å². The van der Waals surface area contributed by atoms with Crippen LogP contribution in [0.25, 0.3) is 0 Å². The van der Waals surface area contributed by atoms with Crippen LogP contribution in [0.1, 0.15) is 26.2 Å². The molecular weight excluding hydrogens is 351 g/mol. The average Bonchev–Trinajstić information content (AvgIpc) is 3.02. The molecule has 1 N–H and O–H groups in total. The summed E-state index contributed by atoms with van der Waals surface area (Å²) in [6, 6.07) is -0.121. The molecule has 2 aliphatic heterocycles. The predicted molar refractivity (Wildman–Crippen MR) is 92.4 cm³/mol. The highest BCUT2D eigenvalue weighted by Gasteiger charge is 2.74. The SMILES string of the molecule is CC12CCN(C(=O)Nc3cnn(CC4CCCO4)c3)CC1C2(Cl)Cl. The van der Waals surface area contributed by atoms with Crippen LogP contribution in [0.2, 0.25) is 0 Å². The molecule has 0 bridgehead atoms. The normalized spacial score (nSPS) is 34.0. The van der Waals surface area contributed by atoms with Crippen LogP contribution in [0.5, 0.6) is 0 Å². The number of fused-ring (bicyclic) bond motifs is 1. The number of hydrogen-bond acceptors (Lipinski definition) is 3. The number of urea groups is 1. The molecule has 2 saturated heterocycles. The number of likely N-dealkylation sites (tertiary alicyclic amines) is 1. The first-order valence-corrected chi connectivity index (χ1v) is 9.23. The summed E-state index contributed by atoms with van der Waals surface area (Å²) in [4.78, 5) is 14.3. The number of nitrogens with one attached hydrogen (secondary N) is 1. The molecule has 1 aromatic rings. The van der Waals surface area contributed by atoms with Crippen molar-refractivity contribution in [2.24, 2.45) is 11.3 Å². The van der Waals surface area contributed by atoms with Crippen molar-refractivity contribution in [1.29, 1.82) is 0 Å². The Hall–Kier alpha value is -0.980. The maximum absolute atomic E-state index is 12.5.